The minimum Gasteiger partial charge on any atom is -0.310 e. The SMILES string of the molecule is Cc1nn(-c2ccc(C#N)cc2)c(NC(=O)CC2CCC(C)C2)c1C. The van der Waals surface area contributed by atoms with Crippen LogP contribution in [0.3, 0.4) is 0 Å². The molecule has 0 saturated heterocycles. The first-order chi connectivity index (χ1) is 12.0. The predicted molar refractivity (Wildman–Crippen MR) is 97.5 cm³/mol. The Bertz CT molecular complexity index is 813. The van der Waals surface area contributed by atoms with E-state index >= 15 is 0 Å². The van der Waals surface area contributed by atoms with Gasteiger partial charge in [0.25, 0.3) is 0 Å². The molecule has 3 rings (SSSR count). The zero-order valence-corrected chi connectivity index (χ0v) is 15.0. The summed E-state index contributed by atoms with van der Waals surface area (Å²) in [6, 6.07) is 9.32. The molecule has 2 aromatic rings. The fourth-order valence-corrected chi connectivity index (χ4v) is 3.57. The number of nitrogens with one attached hydrogen (secondary N) is 1. The van der Waals surface area contributed by atoms with Gasteiger partial charge in [-0.1, -0.05) is 13.3 Å². The summed E-state index contributed by atoms with van der Waals surface area (Å²) in [4.78, 5) is 12.5. The van der Waals surface area contributed by atoms with Crippen LogP contribution in [0.2, 0.25) is 0 Å². The first-order valence-electron chi connectivity index (χ1n) is 8.84. The topological polar surface area (TPSA) is 70.7 Å². The third-order valence-corrected chi connectivity index (χ3v) is 5.14. The molecule has 1 aromatic heterocycles. The van der Waals surface area contributed by atoms with E-state index in [1.54, 1.807) is 16.8 Å². The summed E-state index contributed by atoms with van der Waals surface area (Å²) in [5.74, 6) is 1.99. The second-order valence-electron chi connectivity index (χ2n) is 7.17. The van der Waals surface area contributed by atoms with E-state index in [0.29, 0.717) is 17.9 Å². The predicted octanol–water partition coefficient (Wildman–Crippen LogP) is 4.13. The summed E-state index contributed by atoms with van der Waals surface area (Å²) in [5.41, 5.74) is 3.29. The summed E-state index contributed by atoms with van der Waals surface area (Å²) in [6.45, 7) is 6.16. The number of aromatic nitrogens is 2. The molecule has 5 heteroatoms. The zero-order valence-electron chi connectivity index (χ0n) is 15.0. The van der Waals surface area contributed by atoms with Gasteiger partial charge < -0.3 is 5.32 Å². The van der Waals surface area contributed by atoms with Crippen molar-refractivity contribution >= 4 is 11.7 Å². The third kappa shape index (κ3) is 3.74. The van der Waals surface area contributed by atoms with Crippen LogP contribution in [0.5, 0.6) is 0 Å². The van der Waals surface area contributed by atoms with Crippen molar-refractivity contribution < 1.29 is 4.79 Å². The number of amides is 1. The fraction of sp³-hybridized carbons (Fsp3) is 0.450. The highest BCUT2D eigenvalue weighted by Crippen LogP contribution is 2.33. The highest BCUT2D eigenvalue weighted by atomic mass is 16.1. The maximum atomic E-state index is 12.5. The van der Waals surface area contributed by atoms with E-state index in [1.165, 1.54) is 6.42 Å². The van der Waals surface area contributed by atoms with Gasteiger partial charge in [0.15, 0.2) is 0 Å². The van der Waals surface area contributed by atoms with Crippen LogP contribution in [0.4, 0.5) is 5.82 Å². The molecule has 25 heavy (non-hydrogen) atoms. The number of nitrogens with zero attached hydrogens (tertiary/aromatic N) is 3. The van der Waals surface area contributed by atoms with Crippen molar-refractivity contribution in [2.24, 2.45) is 11.8 Å². The van der Waals surface area contributed by atoms with Gasteiger partial charge >= 0.3 is 0 Å². The highest BCUT2D eigenvalue weighted by Gasteiger charge is 2.24. The van der Waals surface area contributed by atoms with Gasteiger partial charge in [-0.25, -0.2) is 4.68 Å². The van der Waals surface area contributed by atoms with Crippen molar-refractivity contribution in [3.63, 3.8) is 0 Å². The molecule has 1 heterocycles. The molecule has 1 aliphatic carbocycles. The Labute approximate surface area is 148 Å². The van der Waals surface area contributed by atoms with Crippen LogP contribution in [0.1, 0.15) is 49.4 Å². The Morgan fingerprint density at radius 2 is 2.04 bits per heavy atom. The number of benzene rings is 1. The van der Waals surface area contributed by atoms with Crippen LogP contribution < -0.4 is 5.32 Å². The van der Waals surface area contributed by atoms with Crippen LogP contribution in [-0.4, -0.2) is 15.7 Å². The van der Waals surface area contributed by atoms with Crippen LogP contribution in [0, 0.1) is 37.0 Å². The molecule has 1 N–H and O–H groups in total. The molecule has 0 bridgehead atoms. The second kappa shape index (κ2) is 7.10. The minimum absolute atomic E-state index is 0.0528. The molecule has 1 saturated carbocycles. The average Bonchev–Trinajstić information content (AvgIpc) is 3.13. The molecule has 2 atom stereocenters. The van der Waals surface area contributed by atoms with E-state index in [0.717, 1.165) is 41.5 Å². The first-order valence-corrected chi connectivity index (χ1v) is 8.84. The number of carbonyl (C=O) groups is 1. The average molecular weight is 336 g/mol. The van der Waals surface area contributed by atoms with Crippen molar-refractivity contribution in [2.75, 3.05) is 5.32 Å². The minimum atomic E-state index is 0.0528. The first kappa shape index (κ1) is 17.2. The van der Waals surface area contributed by atoms with Crippen molar-refractivity contribution in [1.82, 2.24) is 9.78 Å². The van der Waals surface area contributed by atoms with Crippen molar-refractivity contribution in [2.45, 2.75) is 46.5 Å². The number of nitriles is 1. The van der Waals surface area contributed by atoms with Crippen molar-refractivity contribution in [3.8, 4) is 11.8 Å². The van der Waals surface area contributed by atoms with E-state index in [1.807, 2.05) is 26.0 Å². The van der Waals surface area contributed by atoms with Crippen LogP contribution >= 0.6 is 0 Å². The van der Waals surface area contributed by atoms with Crippen molar-refractivity contribution in [1.29, 1.82) is 5.26 Å². The summed E-state index contributed by atoms with van der Waals surface area (Å²) in [5, 5.41) is 16.6. The van der Waals surface area contributed by atoms with Gasteiger partial charge in [-0.2, -0.15) is 10.4 Å². The molecule has 5 nitrogen and oxygen atoms in total. The van der Waals surface area contributed by atoms with Gasteiger partial charge in [0, 0.05) is 12.0 Å². The molecule has 0 aliphatic heterocycles. The summed E-state index contributed by atoms with van der Waals surface area (Å²) < 4.78 is 1.75. The Hall–Kier alpha value is -2.61. The third-order valence-electron chi connectivity index (χ3n) is 5.14. The lowest BCUT2D eigenvalue weighted by Gasteiger charge is -2.13. The van der Waals surface area contributed by atoms with Gasteiger partial charge in [-0.05, 0) is 62.8 Å². The fourth-order valence-electron chi connectivity index (χ4n) is 3.57. The maximum absolute atomic E-state index is 12.5. The standard InChI is InChI=1S/C20H24N4O/c1-13-4-5-17(10-13)11-19(25)22-20-14(2)15(3)23-24(20)18-8-6-16(12-21)7-9-18/h6-9,13,17H,4-5,10-11H2,1-3H3,(H,22,25). The molecule has 0 spiro atoms. The van der Waals surface area contributed by atoms with Crippen molar-refractivity contribution in [3.05, 3.63) is 41.1 Å². The number of rotatable bonds is 4. The molecule has 1 fully saturated rings. The second-order valence-corrected chi connectivity index (χ2v) is 7.17. The molecular formula is C20H24N4O. The summed E-state index contributed by atoms with van der Waals surface area (Å²) >= 11 is 0. The van der Waals surface area contributed by atoms with E-state index in [9.17, 15) is 4.79 Å². The molecule has 2 unspecified atom stereocenters. The largest absolute Gasteiger partial charge is 0.310 e. The Kier molecular flexibility index (Phi) is 4.89. The van der Waals surface area contributed by atoms with Crippen LogP contribution in [-0.2, 0) is 4.79 Å². The number of aryl methyl sites for hydroxylation is 1. The van der Waals surface area contributed by atoms with E-state index in [2.05, 4.69) is 23.4 Å². The molecule has 0 radical (unpaired) electrons. The Morgan fingerprint density at radius 3 is 2.64 bits per heavy atom. The highest BCUT2D eigenvalue weighted by molar-refractivity contribution is 5.91. The normalized spacial score (nSPS) is 19.6. The number of carbonyl (C=O) groups excluding carboxylic acids is 1. The molecule has 1 aromatic carbocycles. The zero-order chi connectivity index (χ0) is 18.0. The lowest BCUT2D eigenvalue weighted by atomic mass is 10.0. The molecule has 130 valence electrons. The lowest BCUT2D eigenvalue weighted by Crippen LogP contribution is -2.18. The number of hydrogen-bond acceptors (Lipinski definition) is 3. The summed E-state index contributed by atoms with van der Waals surface area (Å²) in [7, 11) is 0. The van der Waals surface area contributed by atoms with Gasteiger partial charge in [0.2, 0.25) is 5.91 Å². The monoisotopic (exact) mass is 336 g/mol. The molecule has 1 aliphatic rings. The molecular weight excluding hydrogens is 312 g/mol. The van der Waals surface area contributed by atoms with E-state index < -0.39 is 0 Å². The molecule has 1 amide bonds. The maximum Gasteiger partial charge on any atom is 0.225 e. The number of hydrogen-bond donors (Lipinski definition) is 1. The Morgan fingerprint density at radius 1 is 1.32 bits per heavy atom. The summed E-state index contributed by atoms with van der Waals surface area (Å²) in [6.07, 6.45) is 4.07. The van der Waals surface area contributed by atoms with Gasteiger partial charge in [0.1, 0.15) is 5.82 Å². The van der Waals surface area contributed by atoms with Gasteiger partial charge in [-0.3, -0.25) is 4.79 Å². The van der Waals surface area contributed by atoms with Crippen LogP contribution in [0.15, 0.2) is 24.3 Å². The van der Waals surface area contributed by atoms with E-state index in [4.69, 9.17) is 5.26 Å². The van der Waals surface area contributed by atoms with Gasteiger partial charge in [-0.15, -0.1) is 0 Å². The quantitative estimate of drug-likeness (QED) is 0.912. The van der Waals surface area contributed by atoms with E-state index in [-0.39, 0.29) is 5.91 Å². The number of anilines is 1. The van der Waals surface area contributed by atoms with Gasteiger partial charge in [0.05, 0.1) is 23.0 Å². The smallest absolute Gasteiger partial charge is 0.225 e. The Balaban J connectivity index is 1.80. The lowest BCUT2D eigenvalue weighted by molar-refractivity contribution is -0.117. The van der Waals surface area contributed by atoms with Crippen LogP contribution in [0.25, 0.3) is 5.69 Å².